The molecule has 0 aliphatic heterocycles. The van der Waals surface area contributed by atoms with Crippen molar-refractivity contribution in [3.63, 3.8) is 0 Å². The highest BCUT2D eigenvalue weighted by Crippen LogP contribution is 2.21. The zero-order valence-corrected chi connectivity index (χ0v) is 14.3. The first-order chi connectivity index (χ1) is 11.5. The first-order valence-electron chi connectivity index (χ1n) is 7.26. The van der Waals surface area contributed by atoms with Crippen molar-refractivity contribution < 1.29 is 14.1 Å². The van der Waals surface area contributed by atoms with Crippen molar-refractivity contribution in [1.82, 2.24) is 19.9 Å². The van der Waals surface area contributed by atoms with Gasteiger partial charge < -0.3 is 9.26 Å². The van der Waals surface area contributed by atoms with E-state index in [4.69, 9.17) is 9.26 Å². The minimum absolute atomic E-state index is 0.0629. The molecule has 0 bridgehead atoms. The van der Waals surface area contributed by atoms with Gasteiger partial charge >= 0.3 is 5.97 Å². The summed E-state index contributed by atoms with van der Waals surface area (Å²) in [5.74, 6) is 0.274. The van der Waals surface area contributed by atoms with Gasteiger partial charge in [-0.15, -0.1) is 11.3 Å². The second-order valence-corrected chi connectivity index (χ2v) is 6.09. The molecular formula is C16H16N4O3S. The number of aromatic nitrogens is 4. The predicted molar refractivity (Wildman–Crippen MR) is 89.1 cm³/mol. The van der Waals surface area contributed by atoms with E-state index in [0.29, 0.717) is 5.82 Å². The summed E-state index contributed by atoms with van der Waals surface area (Å²) < 4.78 is 12.0. The van der Waals surface area contributed by atoms with Crippen LogP contribution in [0.3, 0.4) is 0 Å². The Morgan fingerprint density at radius 2 is 2.29 bits per heavy atom. The van der Waals surface area contributed by atoms with E-state index in [1.807, 2.05) is 38.4 Å². The van der Waals surface area contributed by atoms with Gasteiger partial charge in [0, 0.05) is 24.4 Å². The number of nitrogens with zero attached hydrogens (tertiary/aromatic N) is 4. The quantitative estimate of drug-likeness (QED) is 0.523. The van der Waals surface area contributed by atoms with Gasteiger partial charge in [0.2, 0.25) is 5.82 Å². The largest absolute Gasteiger partial charge is 0.452 e. The van der Waals surface area contributed by atoms with E-state index >= 15 is 0 Å². The van der Waals surface area contributed by atoms with E-state index in [-0.39, 0.29) is 12.5 Å². The van der Waals surface area contributed by atoms with E-state index in [1.54, 1.807) is 10.8 Å². The molecule has 0 radical (unpaired) electrons. The van der Waals surface area contributed by atoms with Gasteiger partial charge in [-0.1, -0.05) is 11.2 Å². The number of hydrogen-bond acceptors (Lipinski definition) is 7. The van der Waals surface area contributed by atoms with Gasteiger partial charge in [-0.05, 0) is 31.4 Å². The van der Waals surface area contributed by atoms with Crippen molar-refractivity contribution >= 4 is 23.4 Å². The van der Waals surface area contributed by atoms with Crippen molar-refractivity contribution in [3.05, 3.63) is 46.4 Å². The molecule has 0 saturated carbocycles. The lowest BCUT2D eigenvalue weighted by Gasteiger charge is -1.97. The molecule has 3 rings (SSSR count). The third kappa shape index (κ3) is 3.43. The molecule has 0 unspecified atom stereocenters. The maximum Gasteiger partial charge on any atom is 0.331 e. The van der Waals surface area contributed by atoms with Crippen LogP contribution < -0.4 is 0 Å². The van der Waals surface area contributed by atoms with Crippen molar-refractivity contribution in [2.75, 3.05) is 0 Å². The van der Waals surface area contributed by atoms with Crippen LogP contribution in [-0.4, -0.2) is 25.9 Å². The third-order valence-corrected chi connectivity index (χ3v) is 4.36. The highest BCUT2D eigenvalue weighted by Gasteiger charge is 2.11. The van der Waals surface area contributed by atoms with E-state index in [2.05, 4.69) is 15.2 Å². The standard InChI is InChI=1S/C16H16N4O3S/c1-10-12(11(2)20(3)18-10)6-7-15(21)22-9-14-17-16(19-23-14)13-5-4-8-24-13/h4-8H,9H2,1-3H3/b7-6+. The first-order valence-corrected chi connectivity index (χ1v) is 8.14. The molecule has 3 heterocycles. The Bertz CT molecular complexity index is 877. The van der Waals surface area contributed by atoms with Gasteiger partial charge in [-0.25, -0.2) is 4.79 Å². The molecule has 124 valence electrons. The van der Waals surface area contributed by atoms with Crippen molar-refractivity contribution in [1.29, 1.82) is 0 Å². The molecule has 8 heteroatoms. The lowest BCUT2D eigenvalue weighted by atomic mass is 10.2. The van der Waals surface area contributed by atoms with Crippen LogP contribution >= 0.6 is 11.3 Å². The minimum Gasteiger partial charge on any atom is -0.452 e. The summed E-state index contributed by atoms with van der Waals surface area (Å²) in [5, 5.41) is 10.1. The highest BCUT2D eigenvalue weighted by atomic mass is 32.1. The third-order valence-electron chi connectivity index (χ3n) is 3.50. The summed E-state index contributed by atoms with van der Waals surface area (Å²) in [5.41, 5.74) is 2.75. The lowest BCUT2D eigenvalue weighted by Crippen LogP contribution is -2.01. The summed E-state index contributed by atoms with van der Waals surface area (Å²) in [7, 11) is 1.86. The predicted octanol–water partition coefficient (Wildman–Crippen LogP) is 2.91. The Morgan fingerprint density at radius 3 is 2.96 bits per heavy atom. The Hall–Kier alpha value is -2.74. The minimum atomic E-state index is -0.478. The SMILES string of the molecule is Cc1nn(C)c(C)c1/C=C/C(=O)OCc1nc(-c2cccs2)no1. The Labute approximate surface area is 142 Å². The maximum absolute atomic E-state index is 11.8. The summed E-state index contributed by atoms with van der Waals surface area (Å²) in [6.07, 6.45) is 3.07. The molecule has 0 amide bonds. The van der Waals surface area contributed by atoms with Gasteiger partial charge in [-0.2, -0.15) is 10.1 Å². The zero-order chi connectivity index (χ0) is 17.1. The Kier molecular flexibility index (Phi) is 4.57. The van der Waals surface area contributed by atoms with Gasteiger partial charge in [-0.3, -0.25) is 4.68 Å². The van der Waals surface area contributed by atoms with Crippen molar-refractivity contribution in [3.8, 4) is 10.7 Å². The normalized spacial score (nSPS) is 11.3. The molecule has 0 aliphatic carbocycles. The smallest absolute Gasteiger partial charge is 0.331 e. The summed E-state index contributed by atoms with van der Waals surface area (Å²) >= 11 is 1.51. The maximum atomic E-state index is 11.8. The number of hydrogen-bond donors (Lipinski definition) is 0. The molecular weight excluding hydrogens is 328 g/mol. The fourth-order valence-corrected chi connectivity index (χ4v) is 2.83. The fourth-order valence-electron chi connectivity index (χ4n) is 2.18. The average molecular weight is 344 g/mol. The molecule has 0 aromatic carbocycles. The van der Waals surface area contributed by atoms with E-state index in [9.17, 15) is 4.79 Å². The van der Waals surface area contributed by atoms with Gasteiger partial charge in [0.15, 0.2) is 6.61 Å². The van der Waals surface area contributed by atoms with Crippen LogP contribution in [0.1, 0.15) is 22.8 Å². The molecule has 0 aliphatic rings. The van der Waals surface area contributed by atoms with Crippen LogP contribution in [0.5, 0.6) is 0 Å². The number of carbonyl (C=O) groups is 1. The van der Waals surface area contributed by atoms with E-state index in [0.717, 1.165) is 21.8 Å². The summed E-state index contributed by atoms with van der Waals surface area (Å²) in [6, 6.07) is 3.80. The van der Waals surface area contributed by atoms with Crippen molar-refractivity contribution in [2.45, 2.75) is 20.5 Å². The van der Waals surface area contributed by atoms with Crippen molar-refractivity contribution in [2.24, 2.45) is 7.05 Å². The second kappa shape index (κ2) is 6.79. The molecule has 0 atom stereocenters. The van der Waals surface area contributed by atoms with E-state index in [1.165, 1.54) is 17.4 Å². The van der Waals surface area contributed by atoms with Crippen LogP contribution in [-0.2, 0) is 23.2 Å². The second-order valence-electron chi connectivity index (χ2n) is 5.14. The topological polar surface area (TPSA) is 83.0 Å². The number of thiophene rings is 1. The average Bonchev–Trinajstić information content (AvgIpc) is 3.27. The van der Waals surface area contributed by atoms with Crippen LogP contribution in [0.15, 0.2) is 28.1 Å². The molecule has 0 spiro atoms. The van der Waals surface area contributed by atoms with Gasteiger partial charge in [0.1, 0.15) is 0 Å². The first kappa shape index (κ1) is 16.1. The van der Waals surface area contributed by atoms with E-state index < -0.39 is 5.97 Å². The van der Waals surface area contributed by atoms with Gasteiger partial charge in [0.25, 0.3) is 5.89 Å². The molecule has 24 heavy (non-hydrogen) atoms. The highest BCUT2D eigenvalue weighted by molar-refractivity contribution is 7.13. The summed E-state index contributed by atoms with van der Waals surface area (Å²) in [4.78, 5) is 16.9. The molecule has 0 saturated heterocycles. The molecule has 3 aromatic rings. The lowest BCUT2D eigenvalue weighted by molar-refractivity contribution is -0.139. The molecule has 0 fully saturated rings. The number of esters is 1. The van der Waals surface area contributed by atoms with Crippen LogP contribution in [0.25, 0.3) is 16.8 Å². The van der Waals surface area contributed by atoms with Crippen LogP contribution in [0, 0.1) is 13.8 Å². The summed E-state index contributed by atoms with van der Waals surface area (Å²) in [6.45, 7) is 3.77. The molecule has 0 N–H and O–H groups in total. The molecule has 7 nitrogen and oxygen atoms in total. The molecule has 3 aromatic heterocycles. The number of ether oxygens (including phenoxy) is 1. The Morgan fingerprint density at radius 1 is 1.46 bits per heavy atom. The number of carbonyl (C=O) groups excluding carboxylic acids is 1. The fraction of sp³-hybridized carbons (Fsp3) is 0.250. The van der Waals surface area contributed by atoms with Crippen LogP contribution in [0.4, 0.5) is 0 Å². The number of rotatable bonds is 5. The van der Waals surface area contributed by atoms with Gasteiger partial charge in [0.05, 0.1) is 10.6 Å². The van der Waals surface area contributed by atoms with Crippen LogP contribution in [0.2, 0.25) is 0 Å². The zero-order valence-electron chi connectivity index (χ0n) is 13.5. The monoisotopic (exact) mass is 344 g/mol. The Balaban J connectivity index is 1.59. The number of aryl methyl sites for hydroxylation is 2.